The first kappa shape index (κ1) is 15.0. The van der Waals surface area contributed by atoms with Crippen LogP contribution >= 0.6 is 0 Å². The maximum atomic E-state index is 12.2. The number of amides is 2. The van der Waals surface area contributed by atoms with Gasteiger partial charge in [0.05, 0.1) is 11.7 Å². The molecule has 0 spiro atoms. The molecule has 1 aliphatic carbocycles. The Bertz CT molecular complexity index is 703. The van der Waals surface area contributed by atoms with Crippen molar-refractivity contribution in [3.8, 4) is 0 Å². The van der Waals surface area contributed by atoms with E-state index < -0.39 is 0 Å². The Labute approximate surface area is 139 Å². The molecule has 2 aliphatic rings. The van der Waals surface area contributed by atoms with Gasteiger partial charge in [0.25, 0.3) is 0 Å². The van der Waals surface area contributed by atoms with Crippen LogP contribution in [0.5, 0.6) is 0 Å². The Hall–Kier alpha value is -2.54. The maximum absolute atomic E-state index is 12.2. The first-order chi connectivity index (χ1) is 11.8. The summed E-state index contributed by atoms with van der Waals surface area (Å²) in [7, 11) is 0. The zero-order valence-corrected chi connectivity index (χ0v) is 13.2. The number of carbonyl (C=O) groups is 1. The molecule has 4 rings (SSSR count). The van der Waals surface area contributed by atoms with Gasteiger partial charge in [0.1, 0.15) is 6.10 Å². The summed E-state index contributed by atoms with van der Waals surface area (Å²) in [4.78, 5) is 16.3. The van der Waals surface area contributed by atoms with Crippen molar-refractivity contribution in [2.45, 2.75) is 37.3 Å². The lowest BCUT2D eigenvalue weighted by Gasteiger charge is -2.20. The monoisotopic (exact) mass is 325 g/mol. The average Bonchev–Trinajstić information content (AvgIpc) is 3.36. The minimum Gasteiger partial charge on any atom is -0.371 e. The number of nitrogens with one attached hydrogen (secondary N) is 2. The van der Waals surface area contributed by atoms with Gasteiger partial charge < -0.3 is 10.1 Å². The number of aromatic nitrogens is 3. The van der Waals surface area contributed by atoms with Gasteiger partial charge >= 0.3 is 6.03 Å². The lowest BCUT2D eigenvalue weighted by atomic mass is 10.0. The van der Waals surface area contributed by atoms with Crippen LogP contribution < -0.4 is 10.6 Å². The highest BCUT2D eigenvalue weighted by atomic mass is 16.5. The first-order valence-corrected chi connectivity index (χ1v) is 8.22. The second-order valence-electron chi connectivity index (χ2n) is 6.19. The predicted molar refractivity (Wildman–Crippen MR) is 87.5 cm³/mol. The van der Waals surface area contributed by atoms with Crippen molar-refractivity contribution >= 4 is 11.8 Å². The molecule has 2 aromatic heterocycles. The molecule has 0 bridgehead atoms. The fraction of sp³-hybridized carbons (Fsp3) is 0.412. The number of carbonyl (C=O) groups excluding carboxylic acids is 1. The number of rotatable bonds is 4. The molecule has 2 fully saturated rings. The second kappa shape index (κ2) is 6.52. The standard InChI is InChI=1S/C17H19N5O2/c23-17(20-15-6-5-13(21-22-15)11-3-4-11)19-14-7-9-24-16(14)12-2-1-8-18-10-12/h1-2,5-6,8,10-11,14,16H,3-4,7,9H2,(H2,19,20,22,23)/t14-,16+/m0/s1. The van der Waals surface area contributed by atoms with E-state index >= 15 is 0 Å². The molecule has 2 aromatic rings. The molecule has 2 atom stereocenters. The highest BCUT2D eigenvalue weighted by Gasteiger charge is 2.31. The summed E-state index contributed by atoms with van der Waals surface area (Å²) in [6, 6.07) is 7.16. The van der Waals surface area contributed by atoms with E-state index in [0.29, 0.717) is 18.3 Å². The van der Waals surface area contributed by atoms with Crippen LogP contribution in [0.4, 0.5) is 10.6 Å². The second-order valence-corrected chi connectivity index (χ2v) is 6.19. The van der Waals surface area contributed by atoms with E-state index in [9.17, 15) is 4.79 Å². The molecule has 1 aliphatic heterocycles. The summed E-state index contributed by atoms with van der Waals surface area (Å²) in [6.45, 7) is 0.612. The molecule has 0 aromatic carbocycles. The molecule has 7 heteroatoms. The molecule has 2 N–H and O–H groups in total. The highest BCUT2D eigenvalue weighted by molar-refractivity contribution is 5.88. The lowest BCUT2D eigenvalue weighted by Crippen LogP contribution is -2.39. The van der Waals surface area contributed by atoms with Crippen LogP contribution in [0.25, 0.3) is 0 Å². The SMILES string of the molecule is O=C(Nc1ccc(C2CC2)nn1)N[C@H]1CCO[C@@H]1c1cccnc1. The molecule has 1 saturated heterocycles. The van der Waals surface area contributed by atoms with Crippen LogP contribution in [0.3, 0.4) is 0 Å². The van der Waals surface area contributed by atoms with E-state index in [1.807, 2.05) is 18.2 Å². The van der Waals surface area contributed by atoms with Gasteiger partial charge in [-0.3, -0.25) is 10.3 Å². The molecule has 1 saturated carbocycles. The van der Waals surface area contributed by atoms with Gasteiger partial charge in [-0.15, -0.1) is 5.10 Å². The molecular formula is C17H19N5O2. The van der Waals surface area contributed by atoms with Gasteiger partial charge in [0.15, 0.2) is 5.82 Å². The van der Waals surface area contributed by atoms with Crippen molar-refractivity contribution in [2.24, 2.45) is 0 Å². The van der Waals surface area contributed by atoms with Gasteiger partial charge in [0.2, 0.25) is 0 Å². The molecule has 0 unspecified atom stereocenters. The third-order valence-corrected chi connectivity index (χ3v) is 4.34. The fourth-order valence-electron chi connectivity index (χ4n) is 2.94. The van der Waals surface area contributed by atoms with Crippen LogP contribution in [0, 0.1) is 0 Å². The summed E-state index contributed by atoms with van der Waals surface area (Å²) in [5.74, 6) is 1.00. The first-order valence-electron chi connectivity index (χ1n) is 8.22. The van der Waals surface area contributed by atoms with Crippen LogP contribution in [-0.4, -0.2) is 33.9 Å². The van der Waals surface area contributed by atoms with Crippen LogP contribution in [0.15, 0.2) is 36.7 Å². The Morgan fingerprint density at radius 1 is 1.17 bits per heavy atom. The van der Waals surface area contributed by atoms with Crippen molar-refractivity contribution in [3.05, 3.63) is 47.9 Å². The van der Waals surface area contributed by atoms with E-state index in [4.69, 9.17) is 4.74 Å². The van der Waals surface area contributed by atoms with Crippen molar-refractivity contribution < 1.29 is 9.53 Å². The van der Waals surface area contributed by atoms with E-state index in [1.54, 1.807) is 18.5 Å². The summed E-state index contributed by atoms with van der Waals surface area (Å²) in [6.07, 6.45) is 6.44. The average molecular weight is 325 g/mol. The summed E-state index contributed by atoms with van der Waals surface area (Å²) in [5, 5.41) is 13.9. The fourth-order valence-corrected chi connectivity index (χ4v) is 2.94. The van der Waals surface area contributed by atoms with Gasteiger partial charge in [-0.05, 0) is 37.5 Å². The molecule has 3 heterocycles. The Balaban J connectivity index is 1.36. The van der Waals surface area contributed by atoms with E-state index in [1.165, 1.54) is 12.8 Å². The highest BCUT2D eigenvalue weighted by Crippen LogP contribution is 2.38. The number of hydrogen-bond donors (Lipinski definition) is 2. The molecule has 2 amide bonds. The number of nitrogens with zero attached hydrogens (tertiary/aromatic N) is 3. The van der Waals surface area contributed by atoms with Gasteiger partial charge in [-0.1, -0.05) is 6.07 Å². The predicted octanol–water partition coefficient (Wildman–Crippen LogP) is 2.40. The summed E-state index contributed by atoms with van der Waals surface area (Å²) in [5.41, 5.74) is 1.97. The summed E-state index contributed by atoms with van der Waals surface area (Å²) >= 11 is 0. The van der Waals surface area contributed by atoms with Crippen LogP contribution in [-0.2, 0) is 4.74 Å². The van der Waals surface area contributed by atoms with Gasteiger partial charge in [-0.2, -0.15) is 5.10 Å². The third kappa shape index (κ3) is 3.35. The number of hydrogen-bond acceptors (Lipinski definition) is 5. The Morgan fingerprint density at radius 3 is 2.79 bits per heavy atom. The van der Waals surface area contributed by atoms with E-state index in [-0.39, 0.29) is 18.2 Å². The van der Waals surface area contributed by atoms with Crippen LogP contribution in [0.1, 0.15) is 42.5 Å². The van der Waals surface area contributed by atoms with Crippen molar-refractivity contribution in [1.82, 2.24) is 20.5 Å². The molecule has 124 valence electrons. The van der Waals surface area contributed by atoms with Crippen molar-refractivity contribution in [2.75, 3.05) is 11.9 Å². The van der Waals surface area contributed by atoms with Crippen molar-refractivity contribution in [1.29, 1.82) is 0 Å². The molecule has 24 heavy (non-hydrogen) atoms. The van der Waals surface area contributed by atoms with Crippen molar-refractivity contribution in [3.63, 3.8) is 0 Å². The van der Waals surface area contributed by atoms with E-state index in [0.717, 1.165) is 17.7 Å². The topological polar surface area (TPSA) is 89.0 Å². The van der Waals surface area contributed by atoms with Gasteiger partial charge in [0, 0.05) is 30.5 Å². The zero-order chi connectivity index (χ0) is 16.4. The molecule has 7 nitrogen and oxygen atoms in total. The number of pyridine rings is 1. The zero-order valence-electron chi connectivity index (χ0n) is 13.2. The number of urea groups is 1. The number of ether oxygens (including phenoxy) is 1. The molecular weight excluding hydrogens is 306 g/mol. The number of anilines is 1. The van der Waals surface area contributed by atoms with E-state index in [2.05, 4.69) is 25.8 Å². The van der Waals surface area contributed by atoms with Crippen LogP contribution in [0.2, 0.25) is 0 Å². The minimum atomic E-state index is -0.298. The minimum absolute atomic E-state index is 0.0899. The lowest BCUT2D eigenvalue weighted by molar-refractivity contribution is 0.100. The maximum Gasteiger partial charge on any atom is 0.320 e. The smallest absolute Gasteiger partial charge is 0.320 e. The normalized spacial score (nSPS) is 23.0. The molecule has 0 radical (unpaired) electrons. The Kier molecular flexibility index (Phi) is 4.08. The van der Waals surface area contributed by atoms with Gasteiger partial charge in [-0.25, -0.2) is 4.79 Å². The third-order valence-electron chi connectivity index (χ3n) is 4.34. The summed E-state index contributed by atoms with van der Waals surface area (Å²) < 4.78 is 5.74. The quantitative estimate of drug-likeness (QED) is 0.901. The largest absolute Gasteiger partial charge is 0.371 e. The Morgan fingerprint density at radius 2 is 2.08 bits per heavy atom.